The summed E-state index contributed by atoms with van der Waals surface area (Å²) in [5.74, 6) is 0.878. The van der Waals surface area contributed by atoms with Crippen LogP contribution in [-0.2, 0) is 0 Å². The molecule has 0 unspecified atom stereocenters. The highest BCUT2D eigenvalue weighted by atomic mass is 35.5. The van der Waals surface area contributed by atoms with E-state index in [2.05, 4.69) is 35.5 Å². The van der Waals surface area contributed by atoms with E-state index in [0.29, 0.717) is 6.04 Å². The fourth-order valence-corrected chi connectivity index (χ4v) is 3.07. The van der Waals surface area contributed by atoms with Crippen molar-refractivity contribution < 1.29 is 4.39 Å². The molecule has 0 saturated carbocycles. The Hall–Kier alpha value is -2.33. The first kappa shape index (κ1) is 21.0. The third-order valence-corrected chi connectivity index (χ3v) is 4.53. The van der Waals surface area contributed by atoms with Gasteiger partial charge in [-0.3, -0.25) is 0 Å². The first-order chi connectivity index (χ1) is 13.0. The number of halogens is 2. The highest BCUT2D eigenvalue weighted by Gasteiger charge is 2.17. The number of hydrogen-bond acceptors (Lipinski definition) is 1. The summed E-state index contributed by atoms with van der Waals surface area (Å²) in [6.45, 7) is 6.52. The monoisotopic (exact) mass is 382 g/mol. The number of aromatic nitrogens is 2. The zero-order valence-corrected chi connectivity index (χ0v) is 16.8. The maximum atomic E-state index is 13.0. The quantitative estimate of drug-likeness (QED) is 0.570. The SMILES string of the molecule is Cc1nccn1C(C)C.Fc1ccc(B(CC=CCl)c2ccccc2)cc1. The summed E-state index contributed by atoms with van der Waals surface area (Å²) in [7, 11) is 0. The molecule has 27 heavy (non-hydrogen) atoms. The number of benzene rings is 2. The molecule has 3 rings (SSSR count). The molecule has 0 saturated heterocycles. The molecule has 0 aliphatic heterocycles. The van der Waals surface area contributed by atoms with E-state index >= 15 is 0 Å². The van der Waals surface area contributed by atoms with Crippen LogP contribution in [0.3, 0.4) is 0 Å². The Morgan fingerprint density at radius 1 is 1.07 bits per heavy atom. The standard InChI is InChI=1S/C15H13BClF.C7H12N2/c17-12-4-11-16(13-5-2-1-3-6-13)14-7-9-15(18)10-8-14;1-6(2)9-5-4-8-7(9)3/h1-10,12H,11H2;4-6H,1-3H3. The molecule has 0 bridgehead atoms. The lowest BCUT2D eigenvalue weighted by Gasteiger charge is -2.12. The van der Waals surface area contributed by atoms with Crippen molar-refractivity contribution in [2.75, 3.05) is 0 Å². The Labute approximate surface area is 166 Å². The van der Waals surface area contributed by atoms with E-state index in [9.17, 15) is 4.39 Å². The molecule has 140 valence electrons. The lowest BCUT2D eigenvalue weighted by atomic mass is 9.39. The van der Waals surface area contributed by atoms with Gasteiger partial charge in [-0.05, 0) is 44.8 Å². The van der Waals surface area contributed by atoms with Gasteiger partial charge in [0.25, 0.3) is 0 Å². The van der Waals surface area contributed by atoms with Gasteiger partial charge in [-0.15, -0.1) is 0 Å². The number of aryl methyl sites for hydroxylation is 1. The molecule has 0 atom stereocenters. The Kier molecular flexibility index (Phi) is 8.34. The first-order valence-corrected chi connectivity index (χ1v) is 9.51. The average molecular weight is 383 g/mol. The molecule has 0 amide bonds. The maximum Gasteiger partial charge on any atom is 0.213 e. The normalized spacial score (nSPS) is 10.7. The third-order valence-electron chi connectivity index (χ3n) is 4.35. The van der Waals surface area contributed by atoms with Crippen LogP contribution in [0.15, 0.2) is 78.6 Å². The van der Waals surface area contributed by atoms with Gasteiger partial charge in [-0.1, -0.05) is 71.1 Å². The molecule has 0 fully saturated rings. The summed E-state index contributed by atoms with van der Waals surface area (Å²) in [5.41, 5.74) is 3.83. The highest BCUT2D eigenvalue weighted by molar-refractivity contribution is 6.85. The predicted octanol–water partition coefficient (Wildman–Crippen LogP) is 4.96. The number of nitrogens with zero attached hydrogens (tertiary/aromatic N) is 2. The average Bonchev–Trinajstić information content (AvgIpc) is 3.11. The van der Waals surface area contributed by atoms with Crippen LogP contribution in [0.25, 0.3) is 0 Å². The largest absolute Gasteiger partial charge is 0.333 e. The van der Waals surface area contributed by atoms with Gasteiger partial charge in [0.05, 0.1) is 0 Å². The van der Waals surface area contributed by atoms with Gasteiger partial charge < -0.3 is 4.57 Å². The molecule has 1 heterocycles. The number of rotatable bonds is 5. The van der Waals surface area contributed by atoms with Gasteiger partial charge in [0.15, 0.2) is 0 Å². The molecule has 0 N–H and O–H groups in total. The summed E-state index contributed by atoms with van der Waals surface area (Å²) in [5, 5.41) is 0. The summed E-state index contributed by atoms with van der Waals surface area (Å²) >= 11 is 5.61. The second-order valence-electron chi connectivity index (χ2n) is 6.59. The van der Waals surface area contributed by atoms with Crippen LogP contribution in [0.4, 0.5) is 4.39 Å². The van der Waals surface area contributed by atoms with Crippen LogP contribution >= 0.6 is 11.6 Å². The Bertz CT molecular complexity index is 829. The van der Waals surface area contributed by atoms with Gasteiger partial charge in [-0.25, -0.2) is 9.37 Å². The Morgan fingerprint density at radius 2 is 1.70 bits per heavy atom. The van der Waals surface area contributed by atoms with Crippen LogP contribution in [-0.4, -0.2) is 16.3 Å². The third kappa shape index (κ3) is 6.40. The molecule has 0 spiro atoms. The molecule has 0 radical (unpaired) electrons. The number of imidazole rings is 1. The Balaban J connectivity index is 0.000000244. The van der Waals surface area contributed by atoms with Gasteiger partial charge in [0.1, 0.15) is 11.6 Å². The maximum absolute atomic E-state index is 13.0. The minimum atomic E-state index is -0.210. The van der Waals surface area contributed by atoms with Gasteiger partial charge in [-0.2, -0.15) is 0 Å². The summed E-state index contributed by atoms with van der Waals surface area (Å²) in [6.07, 6.45) is 6.55. The molecular formula is C22H25BClFN2. The van der Waals surface area contributed by atoms with E-state index in [1.54, 1.807) is 0 Å². The van der Waals surface area contributed by atoms with Gasteiger partial charge in [0, 0.05) is 18.4 Å². The Morgan fingerprint density at radius 3 is 2.19 bits per heavy atom. The fraction of sp³-hybridized carbons (Fsp3) is 0.227. The molecule has 2 aromatic carbocycles. The minimum Gasteiger partial charge on any atom is -0.333 e. The van der Waals surface area contributed by atoms with Crippen molar-refractivity contribution in [3.63, 3.8) is 0 Å². The van der Waals surface area contributed by atoms with E-state index in [-0.39, 0.29) is 12.5 Å². The van der Waals surface area contributed by atoms with E-state index in [4.69, 9.17) is 11.6 Å². The summed E-state index contributed by atoms with van der Waals surface area (Å²) in [6, 6.07) is 17.4. The van der Waals surface area contributed by atoms with Crippen molar-refractivity contribution in [2.45, 2.75) is 33.1 Å². The van der Waals surface area contributed by atoms with Crippen LogP contribution < -0.4 is 10.9 Å². The van der Waals surface area contributed by atoms with E-state index in [0.717, 1.165) is 17.6 Å². The predicted molar refractivity (Wildman–Crippen MR) is 115 cm³/mol. The van der Waals surface area contributed by atoms with Crippen LogP contribution in [0, 0.1) is 12.7 Å². The summed E-state index contributed by atoms with van der Waals surface area (Å²) < 4.78 is 15.1. The molecule has 1 aromatic heterocycles. The zero-order chi connectivity index (χ0) is 19.6. The molecule has 0 aliphatic carbocycles. The van der Waals surface area contributed by atoms with Gasteiger partial charge in [0.2, 0.25) is 6.71 Å². The van der Waals surface area contributed by atoms with Crippen LogP contribution in [0.2, 0.25) is 6.32 Å². The molecular weight excluding hydrogens is 358 g/mol. The van der Waals surface area contributed by atoms with Crippen LogP contribution in [0.5, 0.6) is 0 Å². The number of allylic oxidation sites excluding steroid dienone is 1. The van der Waals surface area contributed by atoms with E-state index in [1.165, 1.54) is 23.1 Å². The van der Waals surface area contributed by atoms with Crippen LogP contribution in [0.1, 0.15) is 25.7 Å². The molecule has 2 nitrogen and oxygen atoms in total. The highest BCUT2D eigenvalue weighted by Crippen LogP contribution is 2.05. The van der Waals surface area contributed by atoms with Crippen molar-refractivity contribution in [3.8, 4) is 0 Å². The van der Waals surface area contributed by atoms with Crippen molar-refractivity contribution in [2.24, 2.45) is 0 Å². The molecule has 5 heteroatoms. The summed E-state index contributed by atoms with van der Waals surface area (Å²) in [4.78, 5) is 4.10. The smallest absolute Gasteiger partial charge is 0.213 e. The fourth-order valence-electron chi connectivity index (χ4n) is 2.97. The lowest BCUT2D eigenvalue weighted by Crippen LogP contribution is -2.41. The van der Waals surface area contributed by atoms with E-state index < -0.39 is 0 Å². The second-order valence-corrected chi connectivity index (χ2v) is 6.84. The van der Waals surface area contributed by atoms with Gasteiger partial charge >= 0.3 is 0 Å². The van der Waals surface area contributed by atoms with Crippen molar-refractivity contribution in [3.05, 3.63) is 90.2 Å². The first-order valence-electron chi connectivity index (χ1n) is 9.08. The van der Waals surface area contributed by atoms with E-state index in [1.807, 2.05) is 55.7 Å². The molecule has 0 aliphatic rings. The minimum absolute atomic E-state index is 0.210. The topological polar surface area (TPSA) is 17.8 Å². The van der Waals surface area contributed by atoms with Crippen molar-refractivity contribution >= 4 is 29.2 Å². The van der Waals surface area contributed by atoms with Crippen molar-refractivity contribution in [1.82, 2.24) is 9.55 Å². The number of hydrogen-bond donors (Lipinski definition) is 0. The lowest BCUT2D eigenvalue weighted by molar-refractivity contribution is 0.582. The molecule has 3 aromatic rings. The van der Waals surface area contributed by atoms with Crippen molar-refractivity contribution in [1.29, 1.82) is 0 Å². The zero-order valence-electron chi connectivity index (χ0n) is 16.0. The second kappa shape index (κ2) is 10.7.